The number of halogens is 1. The van der Waals surface area contributed by atoms with E-state index in [0.717, 1.165) is 6.26 Å². The molecule has 0 aliphatic heterocycles. The van der Waals surface area contributed by atoms with E-state index in [9.17, 15) is 13.2 Å². The summed E-state index contributed by atoms with van der Waals surface area (Å²) in [7, 11) is -3.31. The highest BCUT2D eigenvalue weighted by Gasteiger charge is 2.14. The summed E-state index contributed by atoms with van der Waals surface area (Å²) in [6.45, 7) is 4.62. The second-order valence-electron chi connectivity index (χ2n) is 6.73. The molecule has 3 rings (SSSR count). The van der Waals surface area contributed by atoms with Crippen molar-refractivity contribution in [2.24, 2.45) is 5.92 Å². The van der Waals surface area contributed by atoms with Crippen molar-refractivity contribution in [3.8, 4) is 0 Å². The molecule has 0 saturated heterocycles. The largest absolute Gasteiger partial charge is 0.360 e. The lowest BCUT2D eigenvalue weighted by molar-refractivity contribution is 0.520. The molecule has 0 saturated carbocycles. The Morgan fingerprint density at radius 1 is 1.18 bits per heavy atom. The van der Waals surface area contributed by atoms with Crippen molar-refractivity contribution < 1.29 is 8.42 Å². The molecule has 11 heteroatoms. The molecule has 3 heterocycles. The van der Waals surface area contributed by atoms with Gasteiger partial charge >= 0.3 is 0 Å². The van der Waals surface area contributed by atoms with Gasteiger partial charge in [0.2, 0.25) is 5.28 Å². The normalized spacial score (nSPS) is 11.9. The SMILES string of the molecule is CC(C)Cn1c(=O)c(NCc2ccc(S(C)(=O)=O)cn2)nc2cnc(Cl)nc21. The molecule has 9 nitrogen and oxygen atoms in total. The Morgan fingerprint density at radius 2 is 1.93 bits per heavy atom. The van der Waals surface area contributed by atoms with Crippen LogP contribution < -0.4 is 10.9 Å². The molecule has 0 spiro atoms. The van der Waals surface area contributed by atoms with Gasteiger partial charge in [0.1, 0.15) is 5.52 Å². The number of sulfone groups is 1. The molecule has 3 aromatic rings. The second-order valence-corrected chi connectivity index (χ2v) is 9.08. The summed E-state index contributed by atoms with van der Waals surface area (Å²) in [5.41, 5.74) is 1.05. The van der Waals surface area contributed by atoms with Gasteiger partial charge in [0.05, 0.1) is 23.3 Å². The van der Waals surface area contributed by atoms with Gasteiger partial charge < -0.3 is 5.32 Å². The van der Waals surface area contributed by atoms with Crippen LogP contribution in [0.4, 0.5) is 5.82 Å². The van der Waals surface area contributed by atoms with Crippen LogP contribution in [0, 0.1) is 5.92 Å². The van der Waals surface area contributed by atoms with Crippen molar-refractivity contribution in [1.82, 2.24) is 24.5 Å². The fourth-order valence-electron chi connectivity index (χ4n) is 2.57. The number of anilines is 1. The summed E-state index contributed by atoms with van der Waals surface area (Å²) in [5.74, 6) is 0.336. The van der Waals surface area contributed by atoms with E-state index in [1.807, 2.05) is 13.8 Å². The minimum atomic E-state index is -3.31. The van der Waals surface area contributed by atoms with E-state index in [0.29, 0.717) is 23.4 Å². The zero-order valence-electron chi connectivity index (χ0n) is 15.5. The number of aromatic nitrogens is 5. The second kappa shape index (κ2) is 7.80. The molecule has 28 heavy (non-hydrogen) atoms. The highest BCUT2D eigenvalue weighted by molar-refractivity contribution is 7.90. The molecule has 0 bridgehead atoms. The first kappa shape index (κ1) is 20.2. The summed E-state index contributed by atoms with van der Waals surface area (Å²) in [4.78, 5) is 29.5. The topological polar surface area (TPSA) is 120 Å². The molecule has 0 amide bonds. The quantitative estimate of drug-likeness (QED) is 0.598. The Labute approximate surface area is 166 Å². The minimum Gasteiger partial charge on any atom is -0.360 e. The Bertz CT molecular complexity index is 1180. The van der Waals surface area contributed by atoms with E-state index in [2.05, 4.69) is 25.3 Å². The summed E-state index contributed by atoms with van der Waals surface area (Å²) >= 11 is 5.87. The third kappa shape index (κ3) is 4.45. The van der Waals surface area contributed by atoms with Crippen molar-refractivity contribution in [2.75, 3.05) is 11.6 Å². The van der Waals surface area contributed by atoms with Gasteiger partial charge in [0, 0.05) is 19.0 Å². The zero-order valence-corrected chi connectivity index (χ0v) is 17.1. The lowest BCUT2D eigenvalue weighted by atomic mass is 10.2. The van der Waals surface area contributed by atoms with E-state index in [4.69, 9.17) is 11.6 Å². The highest BCUT2D eigenvalue weighted by Crippen LogP contribution is 2.14. The molecule has 0 unspecified atom stereocenters. The average molecular weight is 423 g/mol. The minimum absolute atomic E-state index is 0.0436. The lowest BCUT2D eigenvalue weighted by Crippen LogP contribution is -2.28. The van der Waals surface area contributed by atoms with Crippen LogP contribution in [0.15, 0.2) is 34.2 Å². The van der Waals surface area contributed by atoms with E-state index in [1.165, 1.54) is 23.0 Å². The van der Waals surface area contributed by atoms with E-state index < -0.39 is 9.84 Å². The van der Waals surface area contributed by atoms with Gasteiger partial charge in [-0.25, -0.2) is 18.4 Å². The smallest absolute Gasteiger partial charge is 0.294 e. The Kier molecular flexibility index (Phi) is 5.61. The summed E-state index contributed by atoms with van der Waals surface area (Å²) < 4.78 is 24.5. The van der Waals surface area contributed by atoms with Crippen LogP contribution in [-0.2, 0) is 22.9 Å². The van der Waals surface area contributed by atoms with Crippen molar-refractivity contribution in [2.45, 2.75) is 31.8 Å². The van der Waals surface area contributed by atoms with Crippen LogP contribution in [0.3, 0.4) is 0 Å². The van der Waals surface area contributed by atoms with Gasteiger partial charge in [-0.15, -0.1) is 0 Å². The number of pyridine rings is 1. The number of hydrogen-bond donors (Lipinski definition) is 1. The molecular formula is C17H19ClN6O3S. The molecule has 1 N–H and O–H groups in total. The first-order valence-electron chi connectivity index (χ1n) is 8.47. The number of nitrogens with one attached hydrogen (secondary N) is 1. The molecular weight excluding hydrogens is 404 g/mol. The fraction of sp³-hybridized carbons (Fsp3) is 0.353. The molecule has 3 aromatic heterocycles. The van der Waals surface area contributed by atoms with Crippen molar-refractivity contribution in [3.05, 3.63) is 45.9 Å². The van der Waals surface area contributed by atoms with Crippen LogP contribution in [0.2, 0.25) is 5.28 Å². The van der Waals surface area contributed by atoms with Crippen molar-refractivity contribution in [1.29, 1.82) is 0 Å². The average Bonchev–Trinajstić information content (AvgIpc) is 2.62. The van der Waals surface area contributed by atoms with Gasteiger partial charge in [-0.05, 0) is 29.7 Å². The number of nitrogens with zero attached hydrogens (tertiary/aromatic N) is 5. The van der Waals surface area contributed by atoms with Crippen LogP contribution in [-0.4, -0.2) is 39.2 Å². The molecule has 0 aromatic carbocycles. The Balaban J connectivity index is 1.94. The number of hydrogen-bond acceptors (Lipinski definition) is 8. The number of rotatable bonds is 6. The van der Waals surface area contributed by atoms with Gasteiger partial charge in [0.15, 0.2) is 21.3 Å². The Hall–Kier alpha value is -2.59. The van der Waals surface area contributed by atoms with E-state index >= 15 is 0 Å². The van der Waals surface area contributed by atoms with Crippen molar-refractivity contribution >= 4 is 38.4 Å². The van der Waals surface area contributed by atoms with Crippen LogP contribution in [0.25, 0.3) is 11.2 Å². The first-order chi connectivity index (χ1) is 13.1. The van der Waals surface area contributed by atoms with Gasteiger partial charge in [0.25, 0.3) is 5.56 Å². The third-order valence-electron chi connectivity index (χ3n) is 3.87. The standard InChI is InChI=1S/C17H19ClN6O3S/c1-10(2)9-24-15-13(8-21-17(18)23-15)22-14(16(24)25)20-6-11-4-5-12(7-19-11)28(3,26)27/h4-5,7-8,10H,6,9H2,1-3H3,(H,20,22). The maximum Gasteiger partial charge on any atom is 0.294 e. The predicted molar refractivity (Wildman–Crippen MR) is 106 cm³/mol. The Morgan fingerprint density at radius 3 is 2.54 bits per heavy atom. The van der Waals surface area contributed by atoms with Crippen LogP contribution in [0.1, 0.15) is 19.5 Å². The summed E-state index contributed by atoms with van der Waals surface area (Å²) in [6, 6.07) is 3.06. The lowest BCUT2D eigenvalue weighted by Gasteiger charge is -2.14. The van der Waals surface area contributed by atoms with Gasteiger partial charge in [-0.3, -0.25) is 14.3 Å². The predicted octanol–water partition coefficient (Wildman–Crippen LogP) is 1.91. The molecule has 148 valence electrons. The molecule has 0 radical (unpaired) electrons. The van der Waals surface area contributed by atoms with Gasteiger partial charge in [-0.2, -0.15) is 4.98 Å². The van der Waals surface area contributed by atoms with Crippen LogP contribution in [0.5, 0.6) is 0 Å². The molecule has 0 fully saturated rings. The van der Waals surface area contributed by atoms with Crippen LogP contribution >= 0.6 is 11.6 Å². The molecule has 0 aliphatic carbocycles. The monoisotopic (exact) mass is 422 g/mol. The number of fused-ring (bicyclic) bond motifs is 1. The van der Waals surface area contributed by atoms with Gasteiger partial charge in [-0.1, -0.05) is 13.8 Å². The molecule has 0 atom stereocenters. The maximum absolute atomic E-state index is 12.9. The fourth-order valence-corrected chi connectivity index (χ4v) is 3.26. The zero-order chi connectivity index (χ0) is 20.5. The molecule has 0 aliphatic rings. The summed E-state index contributed by atoms with van der Waals surface area (Å²) in [5, 5.41) is 3.01. The summed E-state index contributed by atoms with van der Waals surface area (Å²) in [6.07, 6.45) is 3.87. The highest BCUT2D eigenvalue weighted by atomic mass is 35.5. The van der Waals surface area contributed by atoms with Crippen molar-refractivity contribution in [3.63, 3.8) is 0 Å². The first-order valence-corrected chi connectivity index (χ1v) is 10.7. The maximum atomic E-state index is 12.9. The van der Waals surface area contributed by atoms with E-state index in [1.54, 1.807) is 6.07 Å². The third-order valence-corrected chi connectivity index (χ3v) is 5.15. The van der Waals surface area contributed by atoms with E-state index in [-0.39, 0.29) is 34.0 Å².